The van der Waals surface area contributed by atoms with E-state index in [1.165, 1.54) is 15.8 Å². The zero-order valence-electron chi connectivity index (χ0n) is 13.0. The summed E-state index contributed by atoms with van der Waals surface area (Å²) in [6.07, 6.45) is 1.41. The molecule has 9 heteroatoms. The first kappa shape index (κ1) is 16.9. The molecule has 8 nitrogen and oxygen atoms in total. The summed E-state index contributed by atoms with van der Waals surface area (Å²) in [4.78, 5) is 25.3. The van der Waals surface area contributed by atoms with E-state index >= 15 is 0 Å². The molecule has 0 radical (unpaired) electrons. The van der Waals surface area contributed by atoms with Crippen LogP contribution in [-0.4, -0.2) is 45.8 Å². The molecule has 0 aliphatic heterocycles. The summed E-state index contributed by atoms with van der Waals surface area (Å²) in [6.45, 7) is 1.87. The maximum atomic E-state index is 12.2. The van der Waals surface area contributed by atoms with E-state index in [2.05, 4.69) is 31.6 Å². The van der Waals surface area contributed by atoms with Gasteiger partial charge in [0.1, 0.15) is 6.54 Å². The Kier molecular flexibility index (Phi) is 4.99. The van der Waals surface area contributed by atoms with Gasteiger partial charge in [0.25, 0.3) is 5.91 Å². The number of hydrogen-bond acceptors (Lipinski definition) is 5. The Labute approximate surface area is 141 Å². The fraction of sp³-hybridized carbons (Fsp3) is 0.286. The van der Waals surface area contributed by atoms with Crippen LogP contribution in [-0.2, 0) is 11.3 Å². The van der Waals surface area contributed by atoms with Gasteiger partial charge in [0, 0.05) is 18.6 Å². The number of carbonyl (C=O) groups excluding carboxylic acids is 2. The highest BCUT2D eigenvalue weighted by Gasteiger charge is 2.15. The number of rotatable bonds is 4. The molecule has 2 aromatic rings. The Morgan fingerprint density at radius 2 is 2.09 bits per heavy atom. The Bertz CT molecular complexity index is 756. The van der Waals surface area contributed by atoms with Crippen LogP contribution in [0.3, 0.4) is 0 Å². The molecule has 0 saturated carbocycles. The highest BCUT2D eigenvalue weighted by molar-refractivity contribution is 9.10. The van der Waals surface area contributed by atoms with Crippen LogP contribution in [0.15, 0.2) is 22.8 Å². The van der Waals surface area contributed by atoms with Crippen LogP contribution in [0.4, 0.5) is 11.4 Å². The second kappa shape index (κ2) is 6.78. The van der Waals surface area contributed by atoms with Crippen LogP contribution >= 0.6 is 15.9 Å². The van der Waals surface area contributed by atoms with Gasteiger partial charge >= 0.3 is 0 Å². The van der Waals surface area contributed by atoms with E-state index in [9.17, 15) is 9.59 Å². The Morgan fingerprint density at radius 1 is 1.39 bits per heavy atom. The molecular weight excluding hydrogens is 364 g/mol. The van der Waals surface area contributed by atoms with Crippen molar-refractivity contribution in [3.05, 3.63) is 34.1 Å². The number of nitrogens with two attached hydrogens (primary N) is 1. The largest absolute Gasteiger partial charge is 0.397 e. The van der Waals surface area contributed by atoms with Crippen LogP contribution in [0.1, 0.15) is 16.1 Å². The number of aromatic nitrogens is 3. The summed E-state index contributed by atoms with van der Waals surface area (Å²) < 4.78 is 2.12. The van der Waals surface area contributed by atoms with E-state index < -0.39 is 5.91 Å². The van der Waals surface area contributed by atoms with Crippen molar-refractivity contribution < 1.29 is 9.59 Å². The molecule has 0 aliphatic rings. The third-order valence-corrected chi connectivity index (χ3v) is 3.63. The summed E-state index contributed by atoms with van der Waals surface area (Å²) in [5, 5.41) is 10.2. The molecule has 0 fully saturated rings. The fourth-order valence-electron chi connectivity index (χ4n) is 1.80. The lowest BCUT2D eigenvalue weighted by Crippen LogP contribution is -2.26. The lowest BCUT2D eigenvalue weighted by atomic mass is 10.1. The van der Waals surface area contributed by atoms with Crippen LogP contribution < -0.4 is 11.1 Å². The molecule has 2 rings (SSSR count). The zero-order chi connectivity index (χ0) is 17.1. The Hall–Kier alpha value is -2.42. The molecule has 1 heterocycles. The van der Waals surface area contributed by atoms with Gasteiger partial charge in [-0.15, -0.1) is 5.10 Å². The molecule has 0 aliphatic carbocycles. The summed E-state index contributed by atoms with van der Waals surface area (Å²) >= 11 is 3.36. The zero-order valence-corrected chi connectivity index (χ0v) is 14.6. The van der Waals surface area contributed by atoms with Gasteiger partial charge in [0.05, 0.1) is 17.6 Å². The number of nitrogen functional groups attached to an aromatic ring is 1. The number of nitrogens with zero attached hydrogens (tertiary/aromatic N) is 4. The van der Waals surface area contributed by atoms with Gasteiger partial charge in [0.15, 0.2) is 5.69 Å². The lowest BCUT2D eigenvalue weighted by Gasteiger charge is -2.10. The van der Waals surface area contributed by atoms with Crippen molar-refractivity contribution in [2.45, 2.75) is 13.5 Å². The molecule has 0 atom stereocenters. The van der Waals surface area contributed by atoms with Crippen LogP contribution in [0.25, 0.3) is 0 Å². The topological polar surface area (TPSA) is 106 Å². The van der Waals surface area contributed by atoms with Gasteiger partial charge in [-0.05, 0) is 24.6 Å². The van der Waals surface area contributed by atoms with Crippen molar-refractivity contribution >= 4 is 39.1 Å². The summed E-state index contributed by atoms with van der Waals surface area (Å²) in [5.41, 5.74) is 7.87. The maximum absolute atomic E-state index is 12.2. The van der Waals surface area contributed by atoms with Crippen LogP contribution in [0.2, 0.25) is 0 Å². The smallest absolute Gasteiger partial charge is 0.277 e. The van der Waals surface area contributed by atoms with Crippen molar-refractivity contribution in [3.63, 3.8) is 0 Å². The third kappa shape index (κ3) is 4.07. The third-order valence-electron chi connectivity index (χ3n) is 3.17. The number of amides is 2. The van der Waals surface area contributed by atoms with E-state index in [1.807, 2.05) is 13.0 Å². The molecule has 23 heavy (non-hydrogen) atoms. The SMILES string of the molecule is Cc1cc(Br)cc(NC(=O)c2cn(CC(=O)N(C)C)nn2)c1N. The number of aryl methyl sites for hydroxylation is 1. The fourth-order valence-corrected chi connectivity index (χ4v) is 2.38. The minimum absolute atomic E-state index is 0.0193. The quantitative estimate of drug-likeness (QED) is 0.776. The summed E-state index contributed by atoms with van der Waals surface area (Å²) in [6, 6.07) is 3.56. The number of halogens is 1. The Morgan fingerprint density at radius 3 is 2.74 bits per heavy atom. The van der Waals surface area contributed by atoms with Gasteiger partial charge < -0.3 is 16.0 Å². The van der Waals surface area contributed by atoms with Gasteiger partial charge in [0.2, 0.25) is 5.91 Å². The molecule has 0 saturated heterocycles. The molecule has 3 N–H and O–H groups in total. The van der Waals surface area contributed by atoms with E-state index in [1.54, 1.807) is 20.2 Å². The first-order chi connectivity index (χ1) is 10.8. The van der Waals surface area contributed by atoms with Gasteiger partial charge in [-0.25, -0.2) is 4.68 Å². The molecule has 2 amide bonds. The van der Waals surface area contributed by atoms with Crippen LogP contribution in [0.5, 0.6) is 0 Å². The first-order valence-electron chi connectivity index (χ1n) is 6.75. The van der Waals surface area contributed by atoms with E-state index in [0.717, 1.165) is 10.0 Å². The molecule has 0 unspecified atom stereocenters. The van der Waals surface area contributed by atoms with Gasteiger partial charge in [-0.2, -0.15) is 0 Å². The number of likely N-dealkylation sites (N-methyl/N-ethyl adjacent to an activating group) is 1. The number of nitrogens with one attached hydrogen (secondary N) is 1. The van der Waals surface area contributed by atoms with E-state index in [0.29, 0.717) is 11.4 Å². The molecular formula is C14H17BrN6O2. The van der Waals surface area contributed by atoms with E-state index in [4.69, 9.17) is 5.73 Å². The minimum atomic E-state index is -0.447. The highest BCUT2D eigenvalue weighted by atomic mass is 79.9. The first-order valence-corrected chi connectivity index (χ1v) is 7.54. The standard InChI is InChI=1S/C14H17BrN6O2/c1-8-4-9(15)5-10(13(8)16)17-14(23)11-6-21(19-18-11)7-12(22)20(2)3/h4-6H,7,16H2,1-3H3,(H,17,23). The monoisotopic (exact) mass is 380 g/mol. The van der Waals surface area contributed by atoms with Gasteiger partial charge in [-0.3, -0.25) is 9.59 Å². The van der Waals surface area contributed by atoms with Crippen molar-refractivity contribution in [2.75, 3.05) is 25.1 Å². The molecule has 122 valence electrons. The van der Waals surface area contributed by atoms with Crippen molar-refractivity contribution in [2.24, 2.45) is 0 Å². The molecule has 1 aromatic carbocycles. The Balaban J connectivity index is 2.13. The van der Waals surface area contributed by atoms with Crippen LogP contribution in [0, 0.1) is 6.92 Å². The predicted octanol–water partition coefficient (Wildman–Crippen LogP) is 1.27. The average molecular weight is 381 g/mol. The summed E-state index contributed by atoms with van der Waals surface area (Å²) in [7, 11) is 3.29. The maximum Gasteiger partial charge on any atom is 0.277 e. The average Bonchev–Trinajstić information content (AvgIpc) is 2.92. The van der Waals surface area contributed by atoms with E-state index in [-0.39, 0.29) is 18.1 Å². The van der Waals surface area contributed by atoms with Crippen molar-refractivity contribution in [3.8, 4) is 0 Å². The number of hydrogen-bond donors (Lipinski definition) is 2. The second-order valence-electron chi connectivity index (χ2n) is 5.23. The van der Waals surface area contributed by atoms with Crippen molar-refractivity contribution in [1.29, 1.82) is 0 Å². The summed E-state index contributed by atoms with van der Waals surface area (Å²) in [5.74, 6) is -0.591. The van der Waals surface area contributed by atoms with Gasteiger partial charge in [-0.1, -0.05) is 21.1 Å². The highest BCUT2D eigenvalue weighted by Crippen LogP contribution is 2.27. The predicted molar refractivity (Wildman–Crippen MR) is 90.0 cm³/mol. The number of carbonyl (C=O) groups is 2. The molecule has 1 aromatic heterocycles. The second-order valence-corrected chi connectivity index (χ2v) is 6.14. The normalized spacial score (nSPS) is 10.4. The number of anilines is 2. The molecule has 0 spiro atoms. The number of benzene rings is 1. The van der Waals surface area contributed by atoms with Crippen molar-refractivity contribution in [1.82, 2.24) is 19.9 Å². The minimum Gasteiger partial charge on any atom is -0.397 e. The molecule has 0 bridgehead atoms. The lowest BCUT2D eigenvalue weighted by molar-refractivity contribution is -0.129.